The molecule has 0 fully saturated rings. The average molecular weight is 259 g/mol. The number of ether oxygens (including phenoxy) is 1. The topological polar surface area (TPSA) is 71.1 Å². The molecule has 0 aliphatic carbocycles. The minimum atomic E-state index is -4.31. The van der Waals surface area contributed by atoms with Crippen molar-refractivity contribution in [3.63, 3.8) is 0 Å². The Morgan fingerprint density at radius 2 is 2.11 bits per heavy atom. The molecule has 0 atom stereocenters. The van der Waals surface area contributed by atoms with Crippen LogP contribution in [0, 0.1) is 11.3 Å². The van der Waals surface area contributed by atoms with E-state index in [4.69, 9.17) is 11.0 Å². The molecule has 1 aromatic carbocycles. The lowest BCUT2D eigenvalue weighted by atomic mass is 10.2. The van der Waals surface area contributed by atoms with Gasteiger partial charge in [0.1, 0.15) is 12.7 Å². The molecule has 0 amide bonds. The zero-order valence-electron chi connectivity index (χ0n) is 9.42. The van der Waals surface area contributed by atoms with Gasteiger partial charge in [-0.2, -0.15) is 18.4 Å². The lowest BCUT2D eigenvalue weighted by molar-refractivity contribution is -0.172. The monoisotopic (exact) mass is 259 g/mol. The number of anilines is 2. The highest BCUT2D eigenvalue weighted by molar-refractivity contribution is 5.62. The van der Waals surface area contributed by atoms with Crippen molar-refractivity contribution in [2.75, 3.05) is 30.8 Å². The molecule has 4 nitrogen and oxygen atoms in total. The van der Waals surface area contributed by atoms with E-state index in [0.29, 0.717) is 16.9 Å². The van der Waals surface area contributed by atoms with Gasteiger partial charge in [-0.1, -0.05) is 0 Å². The highest BCUT2D eigenvalue weighted by Gasteiger charge is 2.27. The molecule has 98 valence electrons. The third-order valence-corrected chi connectivity index (χ3v) is 2.01. The van der Waals surface area contributed by atoms with Gasteiger partial charge < -0.3 is 15.8 Å². The molecule has 0 saturated carbocycles. The maximum Gasteiger partial charge on any atom is 0.411 e. The molecule has 0 aliphatic rings. The van der Waals surface area contributed by atoms with Crippen molar-refractivity contribution >= 4 is 11.4 Å². The molecule has 0 aliphatic heterocycles. The zero-order chi connectivity index (χ0) is 13.6. The van der Waals surface area contributed by atoms with Crippen molar-refractivity contribution in [2.45, 2.75) is 6.18 Å². The van der Waals surface area contributed by atoms with E-state index in [1.54, 1.807) is 12.1 Å². The summed E-state index contributed by atoms with van der Waals surface area (Å²) in [6.45, 7) is -1.11. The van der Waals surface area contributed by atoms with Crippen LogP contribution in [0.2, 0.25) is 0 Å². The third kappa shape index (κ3) is 4.93. The first-order valence-electron chi connectivity index (χ1n) is 5.10. The fourth-order valence-electron chi connectivity index (χ4n) is 1.23. The van der Waals surface area contributed by atoms with Crippen LogP contribution in [0.4, 0.5) is 24.5 Å². The summed E-state index contributed by atoms with van der Waals surface area (Å²) in [4.78, 5) is 0. The summed E-state index contributed by atoms with van der Waals surface area (Å²) in [5.74, 6) is 0. The summed E-state index contributed by atoms with van der Waals surface area (Å²) in [5, 5.41) is 11.5. The van der Waals surface area contributed by atoms with Gasteiger partial charge in [-0.15, -0.1) is 0 Å². The van der Waals surface area contributed by atoms with E-state index in [-0.39, 0.29) is 13.2 Å². The Morgan fingerprint density at radius 1 is 1.39 bits per heavy atom. The van der Waals surface area contributed by atoms with Crippen molar-refractivity contribution < 1.29 is 17.9 Å². The predicted molar refractivity (Wildman–Crippen MR) is 60.9 cm³/mol. The van der Waals surface area contributed by atoms with E-state index in [2.05, 4.69) is 10.1 Å². The van der Waals surface area contributed by atoms with Gasteiger partial charge in [0.05, 0.1) is 17.9 Å². The maximum absolute atomic E-state index is 11.7. The highest BCUT2D eigenvalue weighted by atomic mass is 19.4. The standard InChI is InChI=1S/C11H12F3N3O/c12-11(13,14)7-18-4-3-17-9-2-1-8(6-15)10(16)5-9/h1-2,5,17H,3-4,7,16H2. The maximum atomic E-state index is 11.7. The first-order chi connectivity index (χ1) is 8.42. The quantitative estimate of drug-likeness (QED) is 0.627. The number of rotatable bonds is 5. The third-order valence-electron chi connectivity index (χ3n) is 2.01. The average Bonchev–Trinajstić information content (AvgIpc) is 2.27. The summed E-state index contributed by atoms with van der Waals surface area (Å²) >= 11 is 0. The normalized spacial score (nSPS) is 11.0. The Kier molecular flexibility index (Phi) is 4.80. The van der Waals surface area contributed by atoms with Crippen LogP contribution in [0.1, 0.15) is 5.56 Å². The Balaban J connectivity index is 2.32. The van der Waals surface area contributed by atoms with Crippen molar-refractivity contribution in [1.82, 2.24) is 0 Å². The van der Waals surface area contributed by atoms with E-state index in [9.17, 15) is 13.2 Å². The Labute approximate surface area is 102 Å². The second-order valence-electron chi connectivity index (χ2n) is 3.51. The number of nitrogens with one attached hydrogen (secondary N) is 1. The lowest BCUT2D eigenvalue weighted by Crippen LogP contribution is -2.20. The molecule has 18 heavy (non-hydrogen) atoms. The van der Waals surface area contributed by atoms with Crippen LogP contribution in [-0.2, 0) is 4.74 Å². The molecule has 1 aromatic rings. The molecule has 0 heterocycles. The predicted octanol–water partition coefficient (Wildman–Crippen LogP) is 2.13. The minimum Gasteiger partial charge on any atom is -0.398 e. The van der Waals surface area contributed by atoms with Crippen molar-refractivity contribution in [2.24, 2.45) is 0 Å². The molecular formula is C11H12F3N3O. The Hall–Kier alpha value is -1.94. The first kappa shape index (κ1) is 14.1. The summed E-state index contributed by atoms with van der Waals surface area (Å²) in [5.41, 5.74) is 6.88. The van der Waals surface area contributed by atoms with E-state index in [1.807, 2.05) is 6.07 Å². The number of halogens is 3. The molecule has 3 N–H and O–H groups in total. The lowest BCUT2D eigenvalue weighted by Gasteiger charge is -2.10. The van der Waals surface area contributed by atoms with Gasteiger partial charge >= 0.3 is 6.18 Å². The number of hydrogen-bond acceptors (Lipinski definition) is 4. The smallest absolute Gasteiger partial charge is 0.398 e. The van der Waals surface area contributed by atoms with Crippen LogP contribution < -0.4 is 11.1 Å². The largest absolute Gasteiger partial charge is 0.411 e. The number of hydrogen-bond donors (Lipinski definition) is 2. The molecule has 7 heteroatoms. The van der Waals surface area contributed by atoms with Gasteiger partial charge in [-0.05, 0) is 18.2 Å². The van der Waals surface area contributed by atoms with Crippen molar-refractivity contribution in [1.29, 1.82) is 5.26 Å². The molecule has 1 rings (SSSR count). The molecule has 0 bridgehead atoms. The van der Waals surface area contributed by atoms with E-state index in [0.717, 1.165) is 0 Å². The Morgan fingerprint density at radius 3 is 2.67 bits per heavy atom. The van der Waals surface area contributed by atoms with Crippen LogP contribution in [-0.4, -0.2) is 25.9 Å². The molecular weight excluding hydrogens is 247 g/mol. The number of alkyl halides is 3. The summed E-state index contributed by atoms with van der Waals surface area (Å²) in [6, 6.07) is 6.62. The summed E-state index contributed by atoms with van der Waals surface area (Å²) < 4.78 is 39.7. The Bertz CT molecular complexity index is 440. The summed E-state index contributed by atoms with van der Waals surface area (Å²) in [6.07, 6.45) is -4.31. The second-order valence-corrected chi connectivity index (χ2v) is 3.51. The van der Waals surface area contributed by atoms with Gasteiger partial charge in [0.25, 0.3) is 0 Å². The first-order valence-corrected chi connectivity index (χ1v) is 5.10. The van der Waals surface area contributed by atoms with Crippen molar-refractivity contribution in [3.8, 4) is 6.07 Å². The van der Waals surface area contributed by atoms with Crippen LogP contribution >= 0.6 is 0 Å². The number of nitrogens with zero attached hydrogens (tertiary/aromatic N) is 1. The van der Waals surface area contributed by atoms with Crippen LogP contribution in [0.3, 0.4) is 0 Å². The number of nitriles is 1. The van der Waals surface area contributed by atoms with Gasteiger partial charge in [-0.25, -0.2) is 0 Å². The molecule has 0 radical (unpaired) electrons. The van der Waals surface area contributed by atoms with Gasteiger partial charge in [0, 0.05) is 12.2 Å². The van der Waals surface area contributed by atoms with E-state index in [1.165, 1.54) is 6.07 Å². The minimum absolute atomic E-state index is 0.0700. The molecule has 0 aromatic heterocycles. The van der Waals surface area contributed by atoms with E-state index < -0.39 is 12.8 Å². The SMILES string of the molecule is N#Cc1ccc(NCCOCC(F)(F)F)cc1N. The van der Waals surface area contributed by atoms with Gasteiger partial charge in [-0.3, -0.25) is 0 Å². The molecule has 0 spiro atoms. The van der Waals surface area contributed by atoms with E-state index >= 15 is 0 Å². The van der Waals surface area contributed by atoms with Gasteiger partial charge in [0.2, 0.25) is 0 Å². The van der Waals surface area contributed by atoms with Crippen molar-refractivity contribution in [3.05, 3.63) is 23.8 Å². The number of nitrogens with two attached hydrogens (primary N) is 1. The number of nitrogen functional groups attached to an aromatic ring is 1. The fraction of sp³-hybridized carbons (Fsp3) is 0.364. The highest BCUT2D eigenvalue weighted by Crippen LogP contribution is 2.17. The molecule has 0 unspecified atom stereocenters. The second kappa shape index (κ2) is 6.12. The van der Waals surface area contributed by atoms with Crippen LogP contribution in [0.25, 0.3) is 0 Å². The fourth-order valence-corrected chi connectivity index (χ4v) is 1.23. The van der Waals surface area contributed by atoms with Crippen LogP contribution in [0.5, 0.6) is 0 Å². The van der Waals surface area contributed by atoms with Gasteiger partial charge in [0.15, 0.2) is 0 Å². The number of benzene rings is 1. The zero-order valence-corrected chi connectivity index (χ0v) is 9.42. The summed E-state index contributed by atoms with van der Waals surface area (Å²) in [7, 11) is 0. The van der Waals surface area contributed by atoms with Crippen LogP contribution in [0.15, 0.2) is 18.2 Å². The molecule has 0 saturated heterocycles.